The third kappa shape index (κ3) is 3.66. The Morgan fingerprint density at radius 2 is 1.65 bits per heavy atom. The molecule has 0 aliphatic carbocycles. The standard InChI is InChI=1S/C17H19N5O/c1-10-5-6-14(7-11(10)2)19-17-18-12(3)8-15(21-17)20-16-9-13(4)23-22-16/h5-9H,1-4H3,(H2,18,19,20,21,22). The van der Waals surface area contributed by atoms with Gasteiger partial charge in [-0.05, 0) is 51.0 Å². The van der Waals surface area contributed by atoms with E-state index in [1.165, 1.54) is 11.1 Å². The molecule has 1 aromatic carbocycles. The number of aryl methyl sites for hydroxylation is 4. The predicted octanol–water partition coefficient (Wildman–Crippen LogP) is 4.19. The molecule has 0 saturated heterocycles. The van der Waals surface area contributed by atoms with Gasteiger partial charge in [-0.1, -0.05) is 11.2 Å². The van der Waals surface area contributed by atoms with Crippen LogP contribution in [0.5, 0.6) is 0 Å². The summed E-state index contributed by atoms with van der Waals surface area (Å²) in [6.45, 7) is 7.93. The van der Waals surface area contributed by atoms with Gasteiger partial charge in [-0.3, -0.25) is 0 Å². The van der Waals surface area contributed by atoms with Gasteiger partial charge in [0.05, 0.1) is 0 Å². The number of rotatable bonds is 4. The molecule has 0 bridgehead atoms. The normalized spacial score (nSPS) is 10.6. The second kappa shape index (κ2) is 6.08. The van der Waals surface area contributed by atoms with Crippen molar-refractivity contribution in [3.8, 4) is 0 Å². The van der Waals surface area contributed by atoms with E-state index in [2.05, 4.69) is 51.7 Å². The zero-order chi connectivity index (χ0) is 16.4. The maximum Gasteiger partial charge on any atom is 0.229 e. The molecule has 2 aromatic heterocycles. The second-order valence-corrected chi connectivity index (χ2v) is 5.59. The van der Waals surface area contributed by atoms with Crippen LogP contribution in [0.1, 0.15) is 22.6 Å². The molecule has 0 atom stereocenters. The van der Waals surface area contributed by atoms with Crippen molar-refractivity contribution in [3.05, 3.63) is 52.9 Å². The van der Waals surface area contributed by atoms with E-state index in [9.17, 15) is 0 Å². The van der Waals surface area contributed by atoms with Crippen LogP contribution in [-0.4, -0.2) is 15.1 Å². The fraction of sp³-hybridized carbons (Fsp3) is 0.235. The molecule has 0 fully saturated rings. The van der Waals surface area contributed by atoms with Crippen molar-refractivity contribution in [3.63, 3.8) is 0 Å². The average Bonchev–Trinajstić information content (AvgIpc) is 2.87. The van der Waals surface area contributed by atoms with Crippen LogP contribution in [0, 0.1) is 27.7 Å². The van der Waals surface area contributed by atoms with Crippen molar-refractivity contribution < 1.29 is 4.52 Å². The number of hydrogen-bond donors (Lipinski definition) is 2. The van der Waals surface area contributed by atoms with Crippen LogP contribution in [0.2, 0.25) is 0 Å². The van der Waals surface area contributed by atoms with Gasteiger partial charge in [0.25, 0.3) is 0 Å². The summed E-state index contributed by atoms with van der Waals surface area (Å²) >= 11 is 0. The first kappa shape index (κ1) is 15.0. The van der Waals surface area contributed by atoms with Gasteiger partial charge in [0, 0.05) is 23.5 Å². The minimum Gasteiger partial charge on any atom is -0.360 e. The molecule has 2 heterocycles. The Labute approximate surface area is 135 Å². The van der Waals surface area contributed by atoms with Gasteiger partial charge in [0.2, 0.25) is 5.95 Å². The van der Waals surface area contributed by atoms with Crippen LogP contribution in [0.4, 0.5) is 23.3 Å². The van der Waals surface area contributed by atoms with Crippen molar-refractivity contribution in [1.29, 1.82) is 0 Å². The third-order valence-electron chi connectivity index (χ3n) is 3.50. The van der Waals surface area contributed by atoms with Crippen LogP contribution >= 0.6 is 0 Å². The molecule has 0 aliphatic heterocycles. The minimum atomic E-state index is 0.538. The van der Waals surface area contributed by atoms with Crippen LogP contribution < -0.4 is 10.6 Å². The Morgan fingerprint density at radius 3 is 2.35 bits per heavy atom. The lowest BCUT2D eigenvalue weighted by atomic mass is 10.1. The smallest absolute Gasteiger partial charge is 0.229 e. The number of benzene rings is 1. The lowest BCUT2D eigenvalue weighted by molar-refractivity contribution is 0.400. The van der Waals surface area contributed by atoms with Gasteiger partial charge in [-0.25, -0.2) is 4.98 Å². The summed E-state index contributed by atoms with van der Waals surface area (Å²) in [5.74, 6) is 2.57. The van der Waals surface area contributed by atoms with Crippen LogP contribution in [0.25, 0.3) is 0 Å². The van der Waals surface area contributed by atoms with Gasteiger partial charge < -0.3 is 15.2 Å². The topological polar surface area (TPSA) is 75.9 Å². The highest BCUT2D eigenvalue weighted by molar-refractivity contribution is 5.59. The third-order valence-corrected chi connectivity index (χ3v) is 3.50. The minimum absolute atomic E-state index is 0.538. The Balaban J connectivity index is 1.83. The molecule has 3 aromatic rings. The van der Waals surface area contributed by atoms with E-state index < -0.39 is 0 Å². The summed E-state index contributed by atoms with van der Waals surface area (Å²) in [7, 11) is 0. The predicted molar refractivity (Wildman–Crippen MR) is 90.5 cm³/mol. The molecule has 0 amide bonds. The first-order valence-corrected chi connectivity index (χ1v) is 7.40. The molecule has 0 aliphatic rings. The highest BCUT2D eigenvalue weighted by Gasteiger charge is 2.06. The van der Waals surface area contributed by atoms with E-state index in [1.807, 2.05) is 32.0 Å². The number of anilines is 4. The van der Waals surface area contributed by atoms with Gasteiger partial charge in [0.15, 0.2) is 5.82 Å². The van der Waals surface area contributed by atoms with E-state index in [0.717, 1.165) is 17.1 Å². The molecule has 6 heteroatoms. The lowest BCUT2D eigenvalue weighted by Gasteiger charge is -2.10. The molecular formula is C17H19N5O. The Hall–Kier alpha value is -2.89. The van der Waals surface area contributed by atoms with Crippen LogP contribution in [-0.2, 0) is 0 Å². The van der Waals surface area contributed by atoms with E-state index >= 15 is 0 Å². The lowest BCUT2D eigenvalue weighted by Crippen LogP contribution is -2.02. The molecule has 3 rings (SSSR count). The van der Waals surface area contributed by atoms with Gasteiger partial charge in [-0.2, -0.15) is 4.98 Å². The maximum absolute atomic E-state index is 5.05. The van der Waals surface area contributed by atoms with E-state index in [1.54, 1.807) is 0 Å². The SMILES string of the molecule is Cc1cc(Nc2cc(C)on2)nc(Nc2ccc(C)c(C)c2)n1. The molecule has 6 nitrogen and oxygen atoms in total. The summed E-state index contributed by atoms with van der Waals surface area (Å²) in [5, 5.41) is 10.3. The molecule has 118 valence electrons. The highest BCUT2D eigenvalue weighted by atomic mass is 16.5. The molecule has 0 saturated carbocycles. The quantitative estimate of drug-likeness (QED) is 0.752. The summed E-state index contributed by atoms with van der Waals surface area (Å²) in [5.41, 5.74) is 4.29. The molecule has 23 heavy (non-hydrogen) atoms. The largest absolute Gasteiger partial charge is 0.360 e. The van der Waals surface area contributed by atoms with E-state index in [4.69, 9.17) is 4.52 Å². The van der Waals surface area contributed by atoms with E-state index in [-0.39, 0.29) is 0 Å². The van der Waals surface area contributed by atoms with Crippen LogP contribution in [0.15, 0.2) is 34.9 Å². The van der Waals surface area contributed by atoms with Gasteiger partial charge in [0.1, 0.15) is 11.6 Å². The zero-order valence-electron chi connectivity index (χ0n) is 13.6. The zero-order valence-corrected chi connectivity index (χ0v) is 13.6. The Morgan fingerprint density at radius 1 is 0.826 bits per heavy atom. The molecule has 0 radical (unpaired) electrons. The summed E-state index contributed by atoms with van der Waals surface area (Å²) in [4.78, 5) is 8.89. The second-order valence-electron chi connectivity index (χ2n) is 5.59. The molecule has 0 unspecified atom stereocenters. The van der Waals surface area contributed by atoms with Crippen molar-refractivity contribution in [2.75, 3.05) is 10.6 Å². The molecule has 0 spiro atoms. The van der Waals surface area contributed by atoms with E-state index in [0.29, 0.717) is 17.6 Å². The Bertz CT molecular complexity index is 841. The maximum atomic E-state index is 5.05. The average molecular weight is 309 g/mol. The monoisotopic (exact) mass is 309 g/mol. The summed E-state index contributed by atoms with van der Waals surface area (Å²) in [6, 6.07) is 9.84. The Kier molecular flexibility index (Phi) is 3.97. The number of nitrogens with one attached hydrogen (secondary N) is 2. The number of aromatic nitrogens is 3. The van der Waals surface area contributed by atoms with Gasteiger partial charge in [-0.15, -0.1) is 0 Å². The highest BCUT2D eigenvalue weighted by Crippen LogP contribution is 2.20. The van der Waals surface area contributed by atoms with Crippen molar-refractivity contribution in [2.24, 2.45) is 0 Å². The van der Waals surface area contributed by atoms with Crippen molar-refractivity contribution >= 4 is 23.3 Å². The molecule has 2 N–H and O–H groups in total. The van der Waals surface area contributed by atoms with Gasteiger partial charge >= 0.3 is 0 Å². The van der Waals surface area contributed by atoms with Crippen molar-refractivity contribution in [2.45, 2.75) is 27.7 Å². The van der Waals surface area contributed by atoms with Crippen molar-refractivity contribution in [1.82, 2.24) is 15.1 Å². The summed E-state index contributed by atoms with van der Waals surface area (Å²) in [6.07, 6.45) is 0. The first-order chi connectivity index (χ1) is 11.0. The van der Waals surface area contributed by atoms with Crippen LogP contribution in [0.3, 0.4) is 0 Å². The summed E-state index contributed by atoms with van der Waals surface area (Å²) < 4.78 is 5.05. The fourth-order valence-electron chi connectivity index (χ4n) is 2.19. The first-order valence-electron chi connectivity index (χ1n) is 7.40. The fourth-order valence-corrected chi connectivity index (χ4v) is 2.19. The number of nitrogens with zero attached hydrogens (tertiary/aromatic N) is 3. The molecular weight excluding hydrogens is 290 g/mol. The number of hydrogen-bond acceptors (Lipinski definition) is 6.